The van der Waals surface area contributed by atoms with Crippen molar-refractivity contribution < 1.29 is 23.9 Å². The molecular weight excluding hydrogens is 274 g/mol. The van der Waals surface area contributed by atoms with Crippen molar-refractivity contribution in [1.82, 2.24) is 0 Å². The van der Waals surface area contributed by atoms with Crippen LogP contribution < -0.4 is 10.1 Å². The van der Waals surface area contributed by atoms with E-state index in [9.17, 15) is 14.4 Å². The third-order valence-electron chi connectivity index (χ3n) is 3.03. The van der Waals surface area contributed by atoms with Crippen molar-refractivity contribution in [2.75, 3.05) is 18.5 Å². The number of fused-ring (bicyclic) bond motifs is 1. The third kappa shape index (κ3) is 4.05. The van der Waals surface area contributed by atoms with Gasteiger partial charge in [0.15, 0.2) is 19.0 Å². The summed E-state index contributed by atoms with van der Waals surface area (Å²) in [5.41, 5.74) is 0.817. The molecule has 2 rings (SSSR count). The van der Waals surface area contributed by atoms with E-state index < -0.39 is 0 Å². The number of benzene rings is 1. The fraction of sp³-hybridized carbons (Fsp3) is 0.400. The van der Waals surface area contributed by atoms with Gasteiger partial charge in [0.1, 0.15) is 5.75 Å². The Morgan fingerprint density at radius 2 is 2.19 bits per heavy atom. The lowest BCUT2D eigenvalue weighted by Gasteiger charge is -2.18. The highest BCUT2D eigenvalue weighted by molar-refractivity contribution is 6.01. The van der Waals surface area contributed by atoms with Crippen LogP contribution in [0.4, 0.5) is 5.69 Å². The molecule has 0 aromatic heterocycles. The smallest absolute Gasteiger partial charge is 0.306 e. The summed E-state index contributed by atoms with van der Waals surface area (Å²) in [5, 5.41) is 2.62. The minimum absolute atomic E-state index is 0.0324. The van der Waals surface area contributed by atoms with E-state index in [4.69, 9.17) is 9.47 Å². The van der Waals surface area contributed by atoms with Crippen molar-refractivity contribution in [3.8, 4) is 5.75 Å². The van der Waals surface area contributed by atoms with Gasteiger partial charge in [-0.2, -0.15) is 0 Å². The summed E-state index contributed by atoms with van der Waals surface area (Å²) in [6.07, 6.45) is 1.96. The largest absolute Gasteiger partial charge is 0.482 e. The molecule has 21 heavy (non-hydrogen) atoms. The maximum atomic E-state index is 12.0. The molecule has 0 unspecified atom stereocenters. The number of carbonyl (C=O) groups excluding carboxylic acids is 3. The van der Waals surface area contributed by atoms with Crippen molar-refractivity contribution in [1.29, 1.82) is 0 Å². The lowest BCUT2D eigenvalue weighted by atomic mass is 10.1. The normalized spacial score (nSPS) is 12.9. The molecule has 0 atom stereocenters. The summed E-state index contributed by atoms with van der Waals surface area (Å²) in [6, 6.07) is 4.72. The molecule has 0 saturated heterocycles. The van der Waals surface area contributed by atoms with Crippen molar-refractivity contribution in [2.45, 2.75) is 26.2 Å². The summed E-state index contributed by atoms with van der Waals surface area (Å²) in [6.45, 7) is 1.65. The molecule has 6 nitrogen and oxygen atoms in total. The predicted molar refractivity (Wildman–Crippen MR) is 75.4 cm³/mol. The second-order valence-electron chi connectivity index (χ2n) is 4.74. The molecule has 1 aromatic carbocycles. The molecule has 0 spiro atoms. The second-order valence-corrected chi connectivity index (χ2v) is 4.74. The molecule has 0 fully saturated rings. The fourth-order valence-corrected chi connectivity index (χ4v) is 1.88. The Hall–Kier alpha value is -2.37. The Morgan fingerprint density at radius 1 is 1.38 bits per heavy atom. The SMILES string of the molecule is CCCCC(=O)OCC(=O)c1ccc2c(c1)NC(=O)CO2. The molecule has 1 heterocycles. The Bertz CT molecular complexity index is 567. The highest BCUT2D eigenvalue weighted by atomic mass is 16.5. The number of amides is 1. The van der Waals surface area contributed by atoms with Gasteiger partial charge < -0.3 is 14.8 Å². The van der Waals surface area contributed by atoms with Gasteiger partial charge in [0.2, 0.25) is 0 Å². The van der Waals surface area contributed by atoms with Gasteiger partial charge in [-0.3, -0.25) is 14.4 Å². The molecule has 1 N–H and O–H groups in total. The molecule has 0 radical (unpaired) electrons. The standard InChI is InChI=1S/C15H17NO5/c1-2-3-4-15(19)21-8-12(17)10-5-6-13-11(7-10)16-14(18)9-20-13/h5-7H,2-4,8-9H2,1H3,(H,16,18). The monoisotopic (exact) mass is 291 g/mol. The average Bonchev–Trinajstić information content (AvgIpc) is 2.49. The van der Waals surface area contributed by atoms with E-state index in [1.54, 1.807) is 12.1 Å². The molecule has 1 aliphatic rings. The van der Waals surface area contributed by atoms with Gasteiger partial charge in [0.05, 0.1) is 5.69 Å². The molecule has 6 heteroatoms. The van der Waals surface area contributed by atoms with Gasteiger partial charge in [0, 0.05) is 12.0 Å². The number of carbonyl (C=O) groups is 3. The van der Waals surface area contributed by atoms with Crippen LogP contribution in [-0.2, 0) is 14.3 Å². The predicted octanol–water partition coefficient (Wildman–Crippen LogP) is 1.93. The molecule has 0 aliphatic carbocycles. The Balaban J connectivity index is 1.95. The first kappa shape index (κ1) is 15.0. The highest BCUT2D eigenvalue weighted by Gasteiger charge is 2.18. The van der Waals surface area contributed by atoms with E-state index in [1.165, 1.54) is 6.07 Å². The minimum Gasteiger partial charge on any atom is -0.482 e. The average molecular weight is 291 g/mol. The number of rotatable bonds is 6. The summed E-state index contributed by atoms with van der Waals surface area (Å²) in [7, 11) is 0. The van der Waals surface area contributed by atoms with Gasteiger partial charge in [0.25, 0.3) is 5.91 Å². The van der Waals surface area contributed by atoms with Crippen LogP contribution in [0.3, 0.4) is 0 Å². The van der Waals surface area contributed by atoms with Crippen LogP contribution in [0.5, 0.6) is 5.75 Å². The third-order valence-corrected chi connectivity index (χ3v) is 3.03. The number of anilines is 1. The van der Waals surface area contributed by atoms with E-state index >= 15 is 0 Å². The van der Waals surface area contributed by atoms with E-state index in [0.717, 1.165) is 12.8 Å². The molecule has 0 saturated carbocycles. The van der Waals surface area contributed by atoms with Crippen molar-refractivity contribution in [3.63, 3.8) is 0 Å². The highest BCUT2D eigenvalue weighted by Crippen LogP contribution is 2.28. The van der Waals surface area contributed by atoms with E-state index in [0.29, 0.717) is 23.4 Å². The molecule has 1 aliphatic heterocycles. The van der Waals surface area contributed by atoms with Crippen LogP contribution in [0.15, 0.2) is 18.2 Å². The topological polar surface area (TPSA) is 81.7 Å². The first-order chi connectivity index (χ1) is 10.1. The summed E-state index contributed by atoms with van der Waals surface area (Å²) < 4.78 is 10.1. The first-order valence-corrected chi connectivity index (χ1v) is 6.85. The molecule has 1 aromatic rings. The van der Waals surface area contributed by atoms with Crippen LogP contribution in [-0.4, -0.2) is 30.9 Å². The van der Waals surface area contributed by atoms with Gasteiger partial charge in [-0.25, -0.2) is 0 Å². The quantitative estimate of drug-likeness (QED) is 0.639. The Labute approximate surface area is 122 Å². The zero-order valence-corrected chi connectivity index (χ0v) is 11.8. The Morgan fingerprint density at radius 3 is 2.95 bits per heavy atom. The van der Waals surface area contributed by atoms with Crippen LogP contribution >= 0.6 is 0 Å². The fourth-order valence-electron chi connectivity index (χ4n) is 1.88. The van der Waals surface area contributed by atoms with E-state index in [-0.39, 0.29) is 30.9 Å². The molecule has 112 valence electrons. The van der Waals surface area contributed by atoms with E-state index in [2.05, 4.69) is 5.32 Å². The maximum Gasteiger partial charge on any atom is 0.306 e. The number of ether oxygens (including phenoxy) is 2. The van der Waals surface area contributed by atoms with Gasteiger partial charge in [-0.05, 0) is 24.6 Å². The number of nitrogens with one attached hydrogen (secondary N) is 1. The van der Waals surface area contributed by atoms with Crippen LogP contribution in [0.2, 0.25) is 0 Å². The summed E-state index contributed by atoms with van der Waals surface area (Å²) in [4.78, 5) is 34.6. The van der Waals surface area contributed by atoms with Crippen LogP contribution in [0.1, 0.15) is 36.5 Å². The van der Waals surface area contributed by atoms with E-state index in [1.807, 2.05) is 6.92 Å². The lowest BCUT2D eigenvalue weighted by molar-refractivity contribution is -0.142. The minimum atomic E-state index is -0.375. The molecular formula is C15H17NO5. The number of ketones is 1. The number of hydrogen-bond donors (Lipinski definition) is 1. The van der Waals surface area contributed by atoms with Gasteiger partial charge >= 0.3 is 5.97 Å². The zero-order valence-electron chi connectivity index (χ0n) is 11.8. The van der Waals surface area contributed by atoms with Gasteiger partial charge in [-0.1, -0.05) is 13.3 Å². The number of Topliss-reactive ketones (excluding diaryl/α,β-unsaturated/α-hetero) is 1. The lowest BCUT2D eigenvalue weighted by Crippen LogP contribution is -2.25. The van der Waals surface area contributed by atoms with Gasteiger partial charge in [-0.15, -0.1) is 0 Å². The first-order valence-electron chi connectivity index (χ1n) is 6.85. The van der Waals surface area contributed by atoms with Crippen molar-refractivity contribution >= 4 is 23.3 Å². The van der Waals surface area contributed by atoms with Crippen LogP contribution in [0.25, 0.3) is 0 Å². The molecule has 1 amide bonds. The number of hydrogen-bond acceptors (Lipinski definition) is 5. The second kappa shape index (κ2) is 6.88. The van der Waals surface area contributed by atoms with Crippen LogP contribution in [0, 0.1) is 0 Å². The zero-order chi connectivity index (χ0) is 15.2. The number of esters is 1. The van der Waals surface area contributed by atoms with Crippen molar-refractivity contribution in [2.24, 2.45) is 0 Å². The van der Waals surface area contributed by atoms with Crippen molar-refractivity contribution in [3.05, 3.63) is 23.8 Å². The maximum absolute atomic E-state index is 12.0. The molecule has 0 bridgehead atoms. The summed E-state index contributed by atoms with van der Waals surface area (Å²) in [5.74, 6) is -0.438. The summed E-state index contributed by atoms with van der Waals surface area (Å²) >= 11 is 0. The number of unbranched alkanes of at least 4 members (excludes halogenated alkanes) is 1. The Kier molecular flexibility index (Phi) is 4.92.